The van der Waals surface area contributed by atoms with Gasteiger partial charge in [0.15, 0.2) is 0 Å². The first-order valence-electron chi connectivity index (χ1n) is 10.3. The molecule has 8 heteroatoms. The average Bonchev–Trinajstić information content (AvgIpc) is 3.03. The van der Waals surface area contributed by atoms with Crippen LogP contribution in [0.4, 0.5) is 0 Å². The third-order valence-corrected chi connectivity index (χ3v) is 5.75. The molecule has 170 valence electrons. The van der Waals surface area contributed by atoms with Gasteiger partial charge in [-0.25, -0.2) is 0 Å². The first kappa shape index (κ1) is 23.6. The van der Waals surface area contributed by atoms with Crippen LogP contribution in [0.5, 0.6) is 11.5 Å². The van der Waals surface area contributed by atoms with Gasteiger partial charge in [-0.15, -0.1) is 0 Å². The molecule has 1 atom stereocenters. The molecule has 0 saturated carbocycles. The standard InChI is InChI=1S/C24H27ClN2O5/c1-26(2)12-5-13-27-21(15-6-9-17(31-3)10-7-15)20(23(29)24(27)30)22(28)16-8-11-19(32-4)18(25)14-16/h6-11,14,21,28H,5,12-13H2,1-4H3. The van der Waals surface area contributed by atoms with E-state index in [1.54, 1.807) is 43.5 Å². The molecule has 7 nitrogen and oxygen atoms in total. The number of carbonyl (C=O) groups excluding carboxylic acids is 2. The van der Waals surface area contributed by atoms with Crippen LogP contribution < -0.4 is 19.5 Å². The molecule has 0 radical (unpaired) electrons. The van der Waals surface area contributed by atoms with Crippen LogP contribution in [0.1, 0.15) is 23.6 Å². The van der Waals surface area contributed by atoms with E-state index in [9.17, 15) is 14.7 Å². The Morgan fingerprint density at radius 2 is 1.78 bits per heavy atom. The summed E-state index contributed by atoms with van der Waals surface area (Å²) in [6.07, 6.45) is 0.698. The van der Waals surface area contributed by atoms with Crippen molar-refractivity contribution in [3.63, 3.8) is 0 Å². The van der Waals surface area contributed by atoms with E-state index in [1.807, 2.05) is 14.1 Å². The number of methoxy groups -OCH3 is 2. The maximum absolute atomic E-state index is 13.4. The zero-order chi connectivity index (χ0) is 23.4. The summed E-state index contributed by atoms with van der Waals surface area (Å²) >= 11 is 6.19. The highest BCUT2D eigenvalue weighted by Gasteiger charge is 2.44. The number of Topliss-reactive ketones (excluding diaryl/α,β-unsaturated/α-hetero) is 1. The summed E-state index contributed by atoms with van der Waals surface area (Å²) in [5, 5.41) is 13.7. The number of ether oxygens (including phenoxy) is 2. The molecule has 0 aliphatic carbocycles. The number of nitrogens with zero attached hydrogens (tertiary/aromatic N) is 1. The van der Waals surface area contributed by atoms with Gasteiger partial charge in [0, 0.05) is 18.5 Å². The number of carbonyl (C=O) groups is 2. The molecule has 2 aromatic rings. The van der Waals surface area contributed by atoms with Gasteiger partial charge in [-0.2, -0.15) is 0 Å². The lowest BCUT2D eigenvalue weighted by molar-refractivity contribution is -0.858. The van der Waals surface area contributed by atoms with Crippen LogP contribution in [0.25, 0.3) is 5.76 Å². The van der Waals surface area contributed by atoms with Crippen molar-refractivity contribution < 1.29 is 29.1 Å². The molecule has 1 saturated heterocycles. The van der Waals surface area contributed by atoms with Crippen molar-refractivity contribution in [2.75, 3.05) is 41.4 Å². The van der Waals surface area contributed by atoms with Gasteiger partial charge >= 0.3 is 0 Å². The Morgan fingerprint density at radius 1 is 1.09 bits per heavy atom. The van der Waals surface area contributed by atoms with Crippen LogP contribution in [0, 0.1) is 0 Å². The smallest absolute Gasteiger partial charge is 0.295 e. The number of benzene rings is 2. The average molecular weight is 459 g/mol. The number of nitrogens with one attached hydrogen (secondary N) is 1. The lowest BCUT2D eigenvalue weighted by Crippen LogP contribution is -3.05. The van der Waals surface area contributed by atoms with E-state index in [0.29, 0.717) is 30.0 Å². The summed E-state index contributed by atoms with van der Waals surface area (Å²) in [5.41, 5.74) is 0.828. The predicted octanol–water partition coefficient (Wildman–Crippen LogP) is 1.12. The summed E-state index contributed by atoms with van der Waals surface area (Å²) in [5.74, 6) is -0.902. The highest BCUT2D eigenvalue weighted by atomic mass is 35.5. The van der Waals surface area contributed by atoms with E-state index >= 15 is 0 Å². The molecular formula is C24H27ClN2O5. The summed E-state index contributed by atoms with van der Waals surface area (Å²) in [6, 6.07) is 10.8. The van der Waals surface area contributed by atoms with Crippen molar-refractivity contribution in [2.45, 2.75) is 12.5 Å². The molecule has 1 fully saturated rings. The van der Waals surface area contributed by atoms with Crippen molar-refractivity contribution in [1.82, 2.24) is 4.90 Å². The third kappa shape index (κ3) is 4.74. The number of rotatable bonds is 8. The molecule has 1 aliphatic heterocycles. The van der Waals surface area contributed by atoms with Crippen LogP contribution in [-0.4, -0.2) is 58.0 Å². The number of hydrogen-bond donors (Lipinski definition) is 1. The van der Waals surface area contributed by atoms with Gasteiger partial charge in [0.2, 0.25) is 5.78 Å². The normalized spacial score (nSPS) is 17.8. The van der Waals surface area contributed by atoms with E-state index in [2.05, 4.69) is 0 Å². The van der Waals surface area contributed by atoms with Crippen molar-refractivity contribution in [1.29, 1.82) is 0 Å². The second kappa shape index (κ2) is 10.1. The summed E-state index contributed by atoms with van der Waals surface area (Å²) in [6.45, 7) is 1.19. The fourth-order valence-electron chi connectivity index (χ4n) is 3.80. The van der Waals surface area contributed by atoms with Gasteiger partial charge in [-0.3, -0.25) is 9.59 Å². The number of hydrogen-bond acceptors (Lipinski definition) is 5. The SMILES string of the molecule is COc1ccc(C2C(=C([O-])c3ccc(OC)c(Cl)c3)C(=O)C(=O)N2CCC[NH+](C)C)cc1. The Hall–Kier alpha value is -3.03. The van der Waals surface area contributed by atoms with Crippen molar-refractivity contribution in [3.8, 4) is 11.5 Å². The molecule has 0 bridgehead atoms. The van der Waals surface area contributed by atoms with Crippen molar-refractivity contribution in [3.05, 3.63) is 64.2 Å². The molecule has 0 spiro atoms. The zero-order valence-corrected chi connectivity index (χ0v) is 19.4. The second-order valence-electron chi connectivity index (χ2n) is 7.91. The summed E-state index contributed by atoms with van der Waals surface area (Å²) in [4.78, 5) is 28.7. The molecular weight excluding hydrogens is 432 g/mol. The minimum atomic E-state index is -0.778. The first-order chi connectivity index (χ1) is 15.3. The quantitative estimate of drug-likeness (QED) is 0.364. The fraction of sp³-hybridized carbons (Fsp3) is 0.333. The van der Waals surface area contributed by atoms with E-state index in [0.717, 1.165) is 6.54 Å². The largest absolute Gasteiger partial charge is 0.872 e. The Balaban J connectivity index is 2.10. The van der Waals surface area contributed by atoms with E-state index < -0.39 is 23.5 Å². The minimum absolute atomic E-state index is 0.0707. The van der Waals surface area contributed by atoms with Crippen molar-refractivity contribution in [2.24, 2.45) is 0 Å². The van der Waals surface area contributed by atoms with Crippen LogP contribution in [-0.2, 0) is 9.59 Å². The molecule has 32 heavy (non-hydrogen) atoms. The zero-order valence-electron chi connectivity index (χ0n) is 18.6. The van der Waals surface area contributed by atoms with Crippen LogP contribution in [0.2, 0.25) is 5.02 Å². The summed E-state index contributed by atoms with van der Waals surface area (Å²) in [7, 11) is 7.07. The molecule has 1 N–H and O–H groups in total. The Labute approximate surface area is 192 Å². The molecule has 1 heterocycles. The number of quaternary nitrogens is 1. The lowest BCUT2D eigenvalue weighted by Gasteiger charge is -2.28. The van der Waals surface area contributed by atoms with Gasteiger partial charge in [0.05, 0.1) is 45.9 Å². The lowest BCUT2D eigenvalue weighted by atomic mass is 9.95. The highest BCUT2D eigenvalue weighted by Crippen LogP contribution is 2.40. The van der Waals surface area contributed by atoms with Gasteiger partial charge in [0.1, 0.15) is 11.5 Å². The molecule has 1 unspecified atom stereocenters. The van der Waals surface area contributed by atoms with Gasteiger partial charge in [-0.05, 0) is 35.4 Å². The van der Waals surface area contributed by atoms with Gasteiger partial charge in [-0.1, -0.05) is 35.6 Å². The van der Waals surface area contributed by atoms with Crippen LogP contribution >= 0.6 is 11.6 Å². The van der Waals surface area contributed by atoms with E-state index in [4.69, 9.17) is 21.1 Å². The van der Waals surface area contributed by atoms with Crippen LogP contribution in [0.3, 0.4) is 0 Å². The first-order valence-corrected chi connectivity index (χ1v) is 10.7. The number of likely N-dealkylation sites (tertiary alicyclic amines) is 1. The Morgan fingerprint density at radius 3 is 2.34 bits per heavy atom. The fourth-order valence-corrected chi connectivity index (χ4v) is 4.06. The molecule has 3 rings (SSSR count). The Kier molecular flexibility index (Phi) is 7.43. The number of ketones is 1. The second-order valence-corrected chi connectivity index (χ2v) is 8.31. The van der Waals surface area contributed by atoms with Gasteiger partial charge < -0.3 is 24.4 Å². The van der Waals surface area contributed by atoms with E-state index in [1.165, 1.54) is 23.0 Å². The molecule has 1 amide bonds. The monoisotopic (exact) mass is 458 g/mol. The molecule has 2 aromatic carbocycles. The van der Waals surface area contributed by atoms with Gasteiger partial charge in [0.25, 0.3) is 5.91 Å². The van der Waals surface area contributed by atoms with Crippen molar-refractivity contribution >= 4 is 29.1 Å². The topological polar surface area (TPSA) is 83.3 Å². The summed E-state index contributed by atoms with van der Waals surface area (Å²) < 4.78 is 10.4. The third-order valence-electron chi connectivity index (χ3n) is 5.45. The highest BCUT2D eigenvalue weighted by molar-refractivity contribution is 6.46. The molecule has 0 aromatic heterocycles. The van der Waals surface area contributed by atoms with Crippen LogP contribution in [0.15, 0.2) is 48.0 Å². The molecule has 1 aliphatic rings. The van der Waals surface area contributed by atoms with E-state index in [-0.39, 0.29) is 16.2 Å². The maximum Gasteiger partial charge on any atom is 0.295 e. The predicted molar refractivity (Wildman–Crippen MR) is 120 cm³/mol. The number of amides is 1. The maximum atomic E-state index is 13.4. The number of halogens is 1. The Bertz CT molecular complexity index is 1030. The minimum Gasteiger partial charge on any atom is -0.872 e.